The molecule has 1 saturated heterocycles. The highest BCUT2D eigenvalue weighted by Gasteiger charge is 2.29. The van der Waals surface area contributed by atoms with Crippen molar-refractivity contribution in [3.05, 3.63) is 53.1 Å². The predicted octanol–water partition coefficient (Wildman–Crippen LogP) is 5.39. The minimum Gasteiger partial charge on any atom is -0.465 e. The van der Waals surface area contributed by atoms with Gasteiger partial charge in [0.25, 0.3) is 6.01 Å². The fourth-order valence-electron chi connectivity index (χ4n) is 5.70. The highest BCUT2D eigenvalue weighted by atomic mass is 16.5. The molecule has 1 fully saturated rings. The quantitative estimate of drug-likeness (QED) is 0.499. The van der Waals surface area contributed by atoms with Crippen LogP contribution in [0.25, 0.3) is 11.0 Å². The van der Waals surface area contributed by atoms with Gasteiger partial charge in [-0.1, -0.05) is 26.0 Å². The van der Waals surface area contributed by atoms with Crippen LogP contribution in [0.1, 0.15) is 56.3 Å². The van der Waals surface area contributed by atoms with Crippen molar-refractivity contribution in [2.75, 3.05) is 31.6 Å². The number of carbonyl (C=O) groups is 1. The summed E-state index contributed by atoms with van der Waals surface area (Å²) in [5.74, 6) is 0.720. The molecule has 1 atom stereocenters. The van der Waals surface area contributed by atoms with Crippen LogP contribution in [0.2, 0.25) is 0 Å². The summed E-state index contributed by atoms with van der Waals surface area (Å²) >= 11 is 0. The van der Waals surface area contributed by atoms with Crippen LogP contribution in [0.3, 0.4) is 0 Å². The molecule has 2 aromatic carbocycles. The zero-order chi connectivity index (χ0) is 24.5. The van der Waals surface area contributed by atoms with Crippen molar-refractivity contribution in [1.82, 2.24) is 14.5 Å². The number of nitrogens with one attached hydrogen (secondary N) is 1. The molecule has 1 aliphatic carbocycles. The van der Waals surface area contributed by atoms with E-state index in [2.05, 4.69) is 58.1 Å². The predicted molar refractivity (Wildman–Crippen MR) is 141 cm³/mol. The Kier molecular flexibility index (Phi) is 6.83. The van der Waals surface area contributed by atoms with Crippen molar-refractivity contribution >= 4 is 22.6 Å². The second-order valence-electron chi connectivity index (χ2n) is 10.6. The maximum atomic E-state index is 12.1. The molecule has 3 aromatic rings. The van der Waals surface area contributed by atoms with E-state index >= 15 is 0 Å². The Balaban J connectivity index is 1.20. The molecule has 1 N–H and O–H groups in total. The summed E-state index contributed by atoms with van der Waals surface area (Å²) in [5.41, 5.74) is 7.21. The topological polar surface area (TPSA) is 59.4 Å². The van der Waals surface area contributed by atoms with E-state index < -0.39 is 0 Å². The molecule has 1 amide bonds. The number of hydrogen-bond donors (Lipinski definition) is 1. The Morgan fingerprint density at radius 3 is 2.63 bits per heavy atom. The Morgan fingerprint density at radius 2 is 1.89 bits per heavy atom. The fraction of sp³-hybridized carbons (Fsp3) is 0.517. The Labute approximate surface area is 208 Å². The normalized spacial score (nSPS) is 18.8. The first kappa shape index (κ1) is 23.9. The standard InChI is InChI=1S/C29H38N4O2/c1-5-35-29-31-26-14-20(4)6-9-27(26)33(29)25-10-12-32(13-11-25)18-21-15-22-7-8-24(17-23(22)16-21)30-28(34)19(2)3/h6-9,14,17,19,21,25H,5,10-13,15-16,18H2,1-4H3,(H,30,34). The van der Waals surface area contributed by atoms with Gasteiger partial charge < -0.3 is 15.0 Å². The maximum Gasteiger partial charge on any atom is 0.297 e. The fourth-order valence-corrected chi connectivity index (χ4v) is 5.70. The van der Waals surface area contributed by atoms with Gasteiger partial charge in [-0.2, -0.15) is 4.98 Å². The van der Waals surface area contributed by atoms with Gasteiger partial charge in [-0.3, -0.25) is 9.36 Å². The van der Waals surface area contributed by atoms with Crippen molar-refractivity contribution in [3.63, 3.8) is 0 Å². The first-order chi connectivity index (χ1) is 16.9. The van der Waals surface area contributed by atoms with Gasteiger partial charge in [-0.25, -0.2) is 0 Å². The molecular formula is C29H38N4O2. The molecule has 0 spiro atoms. The van der Waals surface area contributed by atoms with Crippen LogP contribution < -0.4 is 10.1 Å². The number of nitrogens with zero attached hydrogens (tertiary/aromatic N) is 3. The van der Waals surface area contributed by atoms with Crippen LogP contribution in [0.5, 0.6) is 6.01 Å². The van der Waals surface area contributed by atoms with Gasteiger partial charge in [0.2, 0.25) is 5.91 Å². The molecule has 5 rings (SSSR count). The number of rotatable bonds is 7. The van der Waals surface area contributed by atoms with Crippen molar-refractivity contribution in [3.8, 4) is 6.01 Å². The summed E-state index contributed by atoms with van der Waals surface area (Å²) in [5, 5.41) is 3.05. The zero-order valence-corrected chi connectivity index (χ0v) is 21.5. The number of benzene rings is 2. The second kappa shape index (κ2) is 10.0. The highest BCUT2D eigenvalue weighted by molar-refractivity contribution is 5.92. The first-order valence-electron chi connectivity index (χ1n) is 13.2. The van der Waals surface area contributed by atoms with E-state index in [1.54, 1.807) is 0 Å². The monoisotopic (exact) mass is 474 g/mol. The molecule has 6 heteroatoms. The summed E-state index contributed by atoms with van der Waals surface area (Å²) in [6.45, 7) is 12.0. The molecule has 1 aromatic heterocycles. The number of amides is 1. The summed E-state index contributed by atoms with van der Waals surface area (Å²) < 4.78 is 8.29. The minimum atomic E-state index is -0.00651. The highest BCUT2D eigenvalue weighted by Crippen LogP contribution is 2.34. The molecule has 0 radical (unpaired) electrons. The summed E-state index contributed by atoms with van der Waals surface area (Å²) in [6.07, 6.45) is 4.46. The molecule has 6 nitrogen and oxygen atoms in total. The third-order valence-electron chi connectivity index (χ3n) is 7.54. The van der Waals surface area contributed by atoms with Gasteiger partial charge in [0.1, 0.15) is 0 Å². The lowest BCUT2D eigenvalue weighted by molar-refractivity contribution is -0.118. The van der Waals surface area contributed by atoms with E-state index in [0.717, 1.165) is 62.5 Å². The molecule has 1 aliphatic heterocycles. The van der Waals surface area contributed by atoms with Crippen LogP contribution in [0.15, 0.2) is 36.4 Å². The zero-order valence-electron chi connectivity index (χ0n) is 21.5. The number of hydrogen-bond acceptors (Lipinski definition) is 4. The minimum absolute atomic E-state index is 0.00651. The van der Waals surface area contributed by atoms with Gasteiger partial charge in [0.15, 0.2) is 0 Å². The first-order valence-corrected chi connectivity index (χ1v) is 13.2. The molecule has 2 aliphatic rings. The third kappa shape index (κ3) is 5.08. The number of fused-ring (bicyclic) bond motifs is 2. The van der Waals surface area contributed by atoms with E-state index in [1.165, 1.54) is 22.2 Å². The molecule has 0 bridgehead atoms. The maximum absolute atomic E-state index is 12.1. The van der Waals surface area contributed by atoms with Crippen LogP contribution in [0.4, 0.5) is 5.69 Å². The summed E-state index contributed by atoms with van der Waals surface area (Å²) in [4.78, 5) is 19.5. The number of carbonyl (C=O) groups excluding carboxylic acids is 1. The molecule has 2 heterocycles. The average molecular weight is 475 g/mol. The number of imidazole rings is 1. The molecule has 0 saturated carbocycles. The van der Waals surface area contributed by atoms with E-state index in [9.17, 15) is 4.79 Å². The SMILES string of the molecule is CCOc1nc2cc(C)ccc2n1C1CCN(CC2Cc3ccc(NC(=O)C(C)C)cc3C2)CC1. The number of likely N-dealkylation sites (tertiary alicyclic amines) is 1. The van der Waals surface area contributed by atoms with Gasteiger partial charge in [-0.15, -0.1) is 0 Å². The van der Waals surface area contributed by atoms with E-state index in [0.29, 0.717) is 18.6 Å². The average Bonchev–Trinajstić information content (AvgIpc) is 3.39. The number of aryl methyl sites for hydroxylation is 1. The van der Waals surface area contributed by atoms with Crippen molar-refractivity contribution in [2.45, 2.75) is 59.4 Å². The molecule has 1 unspecified atom stereocenters. The van der Waals surface area contributed by atoms with Crippen molar-refractivity contribution in [2.24, 2.45) is 11.8 Å². The Hall–Kier alpha value is -2.86. The van der Waals surface area contributed by atoms with Crippen LogP contribution in [0, 0.1) is 18.8 Å². The van der Waals surface area contributed by atoms with Crippen molar-refractivity contribution < 1.29 is 9.53 Å². The van der Waals surface area contributed by atoms with Crippen LogP contribution in [-0.2, 0) is 17.6 Å². The van der Waals surface area contributed by atoms with Crippen molar-refractivity contribution in [1.29, 1.82) is 0 Å². The lowest BCUT2D eigenvalue weighted by atomic mass is 10.0. The Bertz CT molecular complexity index is 1210. The van der Waals surface area contributed by atoms with E-state index in [1.807, 2.05) is 20.8 Å². The summed E-state index contributed by atoms with van der Waals surface area (Å²) in [6, 6.07) is 14.2. The second-order valence-corrected chi connectivity index (χ2v) is 10.6. The van der Waals surface area contributed by atoms with Gasteiger partial charge in [0.05, 0.1) is 17.6 Å². The van der Waals surface area contributed by atoms with Gasteiger partial charge in [-0.05, 0) is 86.4 Å². The van der Waals surface area contributed by atoms with Gasteiger partial charge in [0, 0.05) is 37.3 Å². The largest absolute Gasteiger partial charge is 0.465 e. The number of aromatic nitrogens is 2. The molecule has 35 heavy (non-hydrogen) atoms. The number of piperidine rings is 1. The van der Waals surface area contributed by atoms with Crippen LogP contribution >= 0.6 is 0 Å². The number of ether oxygens (including phenoxy) is 1. The smallest absolute Gasteiger partial charge is 0.297 e. The lowest BCUT2D eigenvalue weighted by Crippen LogP contribution is -2.38. The third-order valence-corrected chi connectivity index (χ3v) is 7.54. The van der Waals surface area contributed by atoms with Crippen LogP contribution in [-0.4, -0.2) is 46.6 Å². The molecular weight excluding hydrogens is 436 g/mol. The summed E-state index contributed by atoms with van der Waals surface area (Å²) in [7, 11) is 0. The molecule has 186 valence electrons. The van der Waals surface area contributed by atoms with E-state index in [-0.39, 0.29) is 11.8 Å². The van der Waals surface area contributed by atoms with Gasteiger partial charge >= 0.3 is 0 Å². The lowest BCUT2D eigenvalue weighted by Gasteiger charge is -2.34. The van der Waals surface area contributed by atoms with E-state index in [4.69, 9.17) is 9.72 Å². The Morgan fingerprint density at radius 1 is 1.11 bits per heavy atom. The number of anilines is 1.